The molecule has 1 aliphatic carbocycles. The first-order valence-corrected chi connectivity index (χ1v) is 7.62. The standard InChI is InChI=1S/C19H23NO/c1-12-8-13(2)18(14(3)9-12)11-21-16-5-6-17-15(10-16)4-7-19(17)20/h5-6,8-10,19H,4,7,11,20H2,1-3H3/t19-/m1/s1. The molecular weight excluding hydrogens is 258 g/mol. The number of rotatable bonds is 3. The van der Waals surface area contributed by atoms with Gasteiger partial charge in [-0.25, -0.2) is 0 Å². The number of hydrogen-bond donors (Lipinski definition) is 1. The second kappa shape index (κ2) is 5.53. The van der Waals surface area contributed by atoms with E-state index in [0.29, 0.717) is 6.61 Å². The van der Waals surface area contributed by atoms with E-state index >= 15 is 0 Å². The van der Waals surface area contributed by atoms with E-state index in [0.717, 1.165) is 18.6 Å². The summed E-state index contributed by atoms with van der Waals surface area (Å²) in [6.07, 6.45) is 2.12. The zero-order valence-corrected chi connectivity index (χ0v) is 13.1. The molecule has 0 aromatic heterocycles. The van der Waals surface area contributed by atoms with Crippen LogP contribution in [0.3, 0.4) is 0 Å². The second-order valence-electron chi connectivity index (χ2n) is 6.17. The molecule has 0 fully saturated rings. The summed E-state index contributed by atoms with van der Waals surface area (Å²) in [5, 5.41) is 0. The number of hydrogen-bond acceptors (Lipinski definition) is 2. The molecule has 0 heterocycles. The van der Waals surface area contributed by atoms with Gasteiger partial charge in [0.2, 0.25) is 0 Å². The van der Waals surface area contributed by atoms with Crippen molar-refractivity contribution in [2.75, 3.05) is 0 Å². The molecule has 0 radical (unpaired) electrons. The lowest BCUT2D eigenvalue weighted by Gasteiger charge is -2.14. The normalized spacial score (nSPS) is 16.9. The van der Waals surface area contributed by atoms with E-state index in [4.69, 9.17) is 10.5 Å². The Balaban J connectivity index is 1.77. The van der Waals surface area contributed by atoms with E-state index in [-0.39, 0.29) is 6.04 Å². The summed E-state index contributed by atoms with van der Waals surface area (Å²) in [7, 11) is 0. The molecule has 0 unspecified atom stereocenters. The van der Waals surface area contributed by atoms with Crippen molar-refractivity contribution in [1.82, 2.24) is 0 Å². The van der Waals surface area contributed by atoms with E-state index in [1.54, 1.807) is 0 Å². The molecule has 1 atom stereocenters. The van der Waals surface area contributed by atoms with Crippen LogP contribution in [0.2, 0.25) is 0 Å². The summed E-state index contributed by atoms with van der Waals surface area (Å²) >= 11 is 0. The van der Waals surface area contributed by atoms with Crippen molar-refractivity contribution in [1.29, 1.82) is 0 Å². The minimum Gasteiger partial charge on any atom is -0.489 e. The maximum absolute atomic E-state index is 6.07. The highest BCUT2D eigenvalue weighted by atomic mass is 16.5. The Kier molecular flexibility index (Phi) is 3.73. The number of benzene rings is 2. The van der Waals surface area contributed by atoms with Gasteiger partial charge in [-0.3, -0.25) is 0 Å². The molecule has 2 nitrogen and oxygen atoms in total. The fourth-order valence-corrected chi connectivity index (χ4v) is 3.31. The third kappa shape index (κ3) is 2.81. The minimum atomic E-state index is 0.204. The van der Waals surface area contributed by atoms with Crippen molar-refractivity contribution in [2.45, 2.75) is 46.3 Å². The second-order valence-corrected chi connectivity index (χ2v) is 6.17. The van der Waals surface area contributed by atoms with Crippen LogP contribution in [0.15, 0.2) is 30.3 Å². The predicted octanol–water partition coefficient (Wildman–Crippen LogP) is 4.14. The number of aryl methyl sites for hydroxylation is 4. The monoisotopic (exact) mass is 281 g/mol. The van der Waals surface area contributed by atoms with E-state index in [1.165, 1.54) is 33.4 Å². The molecule has 2 aromatic rings. The van der Waals surface area contributed by atoms with Crippen molar-refractivity contribution >= 4 is 0 Å². The van der Waals surface area contributed by atoms with Crippen molar-refractivity contribution in [3.63, 3.8) is 0 Å². The lowest BCUT2D eigenvalue weighted by molar-refractivity contribution is 0.304. The minimum absolute atomic E-state index is 0.204. The molecular formula is C19H23NO. The van der Waals surface area contributed by atoms with E-state index in [1.807, 2.05) is 6.07 Å². The molecule has 3 rings (SSSR count). The first-order chi connectivity index (χ1) is 10.0. The molecule has 2 heteroatoms. The van der Waals surface area contributed by atoms with Gasteiger partial charge in [0.25, 0.3) is 0 Å². The average Bonchev–Trinajstić information content (AvgIpc) is 2.79. The highest BCUT2D eigenvalue weighted by Crippen LogP contribution is 2.32. The third-order valence-corrected chi connectivity index (χ3v) is 4.46. The summed E-state index contributed by atoms with van der Waals surface area (Å²) < 4.78 is 6.01. The van der Waals surface area contributed by atoms with Gasteiger partial charge < -0.3 is 10.5 Å². The molecule has 0 aliphatic heterocycles. The van der Waals surface area contributed by atoms with Crippen LogP contribution in [0, 0.1) is 20.8 Å². The molecule has 0 amide bonds. The Hall–Kier alpha value is -1.80. The van der Waals surface area contributed by atoms with Gasteiger partial charge in [0.1, 0.15) is 12.4 Å². The summed E-state index contributed by atoms with van der Waals surface area (Å²) in [4.78, 5) is 0. The van der Waals surface area contributed by atoms with Crippen LogP contribution in [0.5, 0.6) is 5.75 Å². The molecule has 1 aliphatic rings. The number of fused-ring (bicyclic) bond motifs is 1. The fourth-order valence-electron chi connectivity index (χ4n) is 3.31. The van der Waals surface area contributed by atoms with Gasteiger partial charge in [-0.1, -0.05) is 23.8 Å². The molecule has 110 valence electrons. The van der Waals surface area contributed by atoms with Crippen molar-refractivity contribution in [3.05, 3.63) is 63.7 Å². The lowest BCUT2D eigenvalue weighted by Crippen LogP contribution is -2.05. The quantitative estimate of drug-likeness (QED) is 0.917. The average molecular weight is 281 g/mol. The topological polar surface area (TPSA) is 35.2 Å². The van der Waals surface area contributed by atoms with Crippen LogP contribution >= 0.6 is 0 Å². The zero-order chi connectivity index (χ0) is 15.0. The van der Waals surface area contributed by atoms with Crippen LogP contribution in [0.1, 0.15) is 45.8 Å². The Labute approximate surface area is 126 Å². The van der Waals surface area contributed by atoms with Crippen LogP contribution < -0.4 is 10.5 Å². The SMILES string of the molecule is Cc1cc(C)c(COc2ccc3c(c2)CC[C@H]3N)c(C)c1. The van der Waals surface area contributed by atoms with Gasteiger partial charge in [0, 0.05) is 6.04 Å². The summed E-state index contributed by atoms with van der Waals surface area (Å²) in [5.41, 5.74) is 13.9. The predicted molar refractivity (Wildman–Crippen MR) is 86.7 cm³/mol. The maximum atomic E-state index is 6.07. The first kappa shape index (κ1) is 14.2. The van der Waals surface area contributed by atoms with Gasteiger partial charge in [0.15, 0.2) is 0 Å². The van der Waals surface area contributed by atoms with Crippen molar-refractivity contribution in [2.24, 2.45) is 5.73 Å². The molecule has 0 saturated carbocycles. The van der Waals surface area contributed by atoms with Crippen molar-refractivity contribution < 1.29 is 4.74 Å². The highest BCUT2D eigenvalue weighted by molar-refractivity contribution is 5.41. The number of nitrogens with two attached hydrogens (primary N) is 1. The van der Waals surface area contributed by atoms with E-state index < -0.39 is 0 Å². The van der Waals surface area contributed by atoms with Gasteiger partial charge in [0.05, 0.1) is 0 Å². The van der Waals surface area contributed by atoms with Gasteiger partial charge in [-0.15, -0.1) is 0 Å². The molecule has 2 N–H and O–H groups in total. The maximum Gasteiger partial charge on any atom is 0.120 e. The largest absolute Gasteiger partial charge is 0.489 e. The zero-order valence-electron chi connectivity index (χ0n) is 13.1. The Morgan fingerprint density at radius 1 is 1.10 bits per heavy atom. The third-order valence-electron chi connectivity index (χ3n) is 4.46. The Bertz CT molecular complexity index is 652. The fraction of sp³-hybridized carbons (Fsp3) is 0.368. The smallest absolute Gasteiger partial charge is 0.120 e. The summed E-state index contributed by atoms with van der Waals surface area (Å²) in [5.74, 6) is 0.947. The molecule has 2 aromatic carbocycles. The van der Waals surface area contributed by atoms with E-state index in [2.05, 4.69) is 45.0 Å². The Morgan fingerprint density at radius 3 is 2.52 bits per heavy atom. The van der Waals surface area contributed by atoms with Gasteiger partial charge >= 0.3 is 0 Å². The first-order valence-electron chi connectivity index (χ1n) is 7.62. The molecule has 0 saturated heterocycles. The van der Waals surface area contributed by atoms with Crippen LogP contribution in [-0.2, 0) is 13.0 Å². The van der Waals surface area contributed by atoms with Crippen LogP contribution in [0.25, 0.3) is 0 Å². The molecule has 0 spiro atoms. The van der Waals surface area contributed by atoms with E-state index in [9.17, 15) is 0 Å². The van der Waals surface area contributed by atoms with Crippen LogP contribution in [0.4, 0.5) is 0 Å². The summed E-state index contributed by atoms with van der Waals surface area (Å²) in [6, 6.07) is 11.0. The Morgan fingerprint density at radius 2 is 1.81 bits per heavy atom. The van der Waals surface area contributed by atoms with Gasteiger partial charge in [-0.05, 0) is 73.6 Å². The summed E-state index contributed by atoms with van der Waals surface area (Å²) in [6.45, 7) is 7.07. The highest BCUT2D eigenvalue weighted by Gasteiger charge is 2.19. The lowest BCUT2D eigenvalue weighted by atomic mass is 10.0. The molecule has 21 heavy (non-hydrogen) atoms. The van der Waals surface area contributed by atoms with Crippen molar-refractivity contribution in [3.8, 4) is 5.75 Å². The van der Waals surface area contributed by atoms with Gasteiger partial charge in [-0.2, -0.15) is 0 Å². The van der Waals surface area contributed by atoms with Crippen LogP contribution in [-0.4, -0.2) is 0 Å². The molecule has 0 bridgehead atoms. The number of ether oxygens (including phenoxy) is 1.